The van der Waals surface area contributed by atoms with E-state index in [1.807, 2.05) is 28.7 Å². The third kappa shape index (κ3) is 6.09. The number of hydrogen-bond donors (Lipinski definition) is 2. The van der Waals surface area contributed by atoms with Gasteiger partial charge in [-0.2, -0.15) is 0 Å². The predicted octanol–water partition coefficient (Wildman–Crippen LogP) is 4.80. The van der Waals surface area contributed by atoms with Crippen LogP contribution in [0.5, 0.6) is 11.5 Å². The highest BCUT2D eigenvalue weighted by Crippen LogP contribution is 2.35. The summed E-state index contributed by atoms with van der Waals surface area (Å²) in [6, 6.07) is 19.0. The van der Waals surface area contributed by atoms with Crippen LogP contribution in [0.15, 0.2) is 72.3 Å². The minimum atomic E-state index is -0.604. The molecule has 0 radical (unpaired) electrons. The average Bonchev–Trinajstić information content (AvgIpc) is 2.87. The molecular weight excluding hydrogens is 629 g/mol. The fourth-order valence-electron chi connectivity index (χ4n) is 3.49. The Morgan fingerprint density at radius 1 is 1.14 bits per heavy atom. The van der Waals surface area contributed by atoms with Gasteiger partial charge in [-0.15, -0.1) is 0 Å². The van der Waals surface area contributed by atoms with Crippen molar-refractivity contribution in [1.82, 2.24) is 5.32 Å². The molecule has 1 fully saturated rings. The molecule has 188 valence electrons. The number of amides is 3. The average molecular weight is 648 g/mol. The summed E-state index contributed by atoms with van der Waals surface area (Å²) in [6.07, 6.45) is 1.45. The first kappa shape index (κ1) is 26.6. The molecule has 0 aromatic heterocycles. The minimum absolute atomic E-state index is 0.00401. The van der Waals surface area contributed by atoms with Gasteiger partial charge in [-0.05, 0) is 82.8 Å². The predicted molar refractivity (Wildman–Crippen MR) is 154 cm³/mol. The van der Waals surface area contributed by atoms with Crippen molar-refractivity contribution in [2.75, 3.05) is 23.9 Å². The number of carbonyl (C=O) groups is 3. The molecule has 0 unspecified atom stereocenters. The number of benzene rings is 3. The van der Waals surface area contributed by atoms with Crippen molar-refractivity contribution >= 4 is 86.7 Å². The quantitative estimate of drug-likeness (QED) is 0.166. The van der Waals surface area contributed by atoms with E-state index in [4.69, 9.17) is 33.3 Å². The van der Waals surface area contributed by atoms with Gasteiger partial charge >= 0.3 is 0 Å². The number of methoxy groups -OCH3 is 1. The standard InChI is InChI=1S/C26H19ClIN3O5S/c1-35-21-13-15(11-17-24(33)30-26(37)31(25(17)34)16-7-3-2-4-8-16)12-19(28)23(21)36-14-22(32)29-20-10-6-5-9-18(20)27/h2-13H,14H2,1H3,(H,29,32)(H,30,33,37)/b17-11-. The van der Waals surface area contributed by atoms with Crippen molar-refractivity contribution in [2.24, 2.45) is 0 Å². The molecule has 8 nitrogen and oxygen atoms in total. The smallest absolute Gasteiger partial charge is 0.270 e. The molecule has 3 aromatic carbocycles. The van der Waals surface area contributed by atoms with Crippen LogP contribution in [0, 0.1) is 3.57 Å². The molecule has 3 amide bonds. The van der Waals surface area contributed by atoms with Gasteiger partial charge in [0.05, 0.1) is 27.1 Å². The monoisotopic (exact) mass is 647 g/mol. The highest BCUT2D eigenvalue weighted by molar-refractivity contribution is 14.1. The fraction of sp³-hybridized carbons (Fsp3) is 0.0769. The van der Waals surface area contributed by atoms with Crippen molar-refractivity contribution in [3.8, 4) is 11.5 Å². The number of thiocarbonyl (C=S) groups is 1. The normalized spacial score (nSPS) is 14.4. The van der Waals surface area contributed by atoms with E-state index in [-0.39, 0.29) is 17.3 Å². The number of ether oxygens (including phenoxy) is 2. The second-order valence-electron chi connectivity index (χ2n) is 7.64. The molecule has 1 aliphatic heterocycles. The van der Waals surface area contributed by atoms with Gasteiger partial charge in [0.2, 0.25) is 0 Å². The lowest BCUT2D eigenvalue weighted by Gasteiger charge is -2.28. The van der Waals surface area contributed by atoms with Gasteiger partial charge < -0.3 is 14.8 Å². The molecule has 2 N–H and O–H groups in total. The van der Waals surface area contributed by atoms with Gasteiger partial charge in [0.1, 0.15) is 5.57 Å². The molecule has 37 heavy (non-hydrogen) atoms. The summed E-state index contributed by atoms with van der Waals surface area (Å²) in [4.78, 5) is 39.5. The van der Waals surface area contributed by atoms with Crippen LogP contribution in [0.25, 0.3) is 6.08 Å². The zero-order chi connectivity index (χ0) is 26.5. The summed E-state index contributed by atoms with van der Waals surface area (Å²) < 4.78 is 11.8. The van der Waals surface area contributed by atoms with E-state index in [1.54, 1.807) is 60.7 Å². The minimum Gasteiger partial charge on any atom is -0.493 e. The number of carbonyl (C=O) groups excluding carboxylic acids is 3. The van der Waals surface area contributed by atoms with E-state index < -0.39 is 17.7 Å². The Balaban J connectivity index is 1.56. The lowest BCUT2D eigenvalue weighted by Crippen LogP contribution is -2.54. The number of hydrogen-bond acceptors (Lipinski definition) is 6. The van der Waals surface area contributed by atoms with Crippen molar-refractivity contribution in [3.05, 3.63) is 86.5 Å². The lowest BCUT2D eigenvalue weighted by molar-refractivity contribution is -0.122. The Morgan fingerprint density at radius 2 is 1.84 bits per heavy atom. The molecule has 11 heteroatoms. The van der Waals surface area contributed by atoms with Crippen molar-refractivity contribution in [2.45, 2.75) is 0 Å². The maximum absolute atomic E-state index is 13.2. The Bertz CT molecular complexity index is 1430. The van der Waals surface area contributed by atoms with Crippen molar-refractivity contribution in [3.63, 3.8) is 0 Å². The van der Waals surface area contributed by atoms with Crippen LogP contribution in [0.1, 0.15) is 5.56 Å². The first-order valence-electron chi connectivity index (χ1n) is 10.8. The largest absolute Gasteiger partial charge is 0.493 e. The number of nitrogens with zero attached hydrogens (tertiary/aromatic N) is 1. The van der Waals surface area contributed by atoms with Crippen LogP contribution in [-0.4, -0.2) is 36.6 Å². The summed E-state index contributed by atoms with van der Waals surface area (Å²) in [6.45, 7) is -0.289. The molecule has 0 aliphatic carbocycles. The van der Waals surface area contributed by atoms with Crippen LogP contribution in [0.3, 0.4) is 0 Å². The second-order valence-corrected chi connectivity index (χ2v) is 9.60. The number of nitrogens with one attached hydrogen (secondary N) is 2. The third-order valence-electron chi connectivity index (χ3n) is 5.17. The van der Waals surface area contributed by atoms with E-state index in [2.05, 4.69) is 10.6 Å². The Morgan fingerprint density at radius 3 is 2.54 bits per heavy atom. The van der Waals surface area contributed by atoms with Gasteiger partial charge in [0, 0.05) is 0 Å². The lowest BCUT2D eigenvalue weighted by atomic mass is 10.1. The first-order chi connectivity index (χ1) is 17.8. The van der Waals surface area contributed by atoms with E-state index >= 15 is 0 Å². The molecule has 1 aliphatic rings. The summed E-state index contributed by atoms with van der Waals surface area (Å²) in [5, 5.41) is 5.66. The molecule has 0 spiro atoms. The highest BCUT2D eigenvalue weighted by Gasteiger charge is 2.34. The summed E-state index contributed by atoms with van der Waals surface area (Å²) >= 11 is 13.3. The SMILES string of the molecule is COc1cc(/C=C2/C(=O)NC(=S)N(c3ccccc3)C2=O)cc(I)c1OCC(=O)Nc1ccccc1Cl. The summed E-state index contributed by atoms with van der Waals surface area (Å²) in [5.41, 5.74) is 1.44. The molecule has 0 bridgehead atoms. The maximum atomic E-state index is 13.2. The van der Waals surface area contributed by atoms with Crippen LogP contribution >= 0.6 is 46.4 Å². The summed E-state index contributed by atoms with van der Waals surface area (Å²) in [7, 11) is 1.45. The Labute approximate surface area is 236 Å². The zero-order valence-corrected chi connectivity index (χ0v) is 23.0. The summed E-state index contributed by atoms with van der Waals surface area (Å²) in [5.74, 6) is -0.897. The Hall–Kier alpha value is -3.48. The Kier molecular flexibility index (Phi) is 8.41. The number of rotatable bonds is 7. The van der Waals surface area contributed by atoms with E-state index in [9.17, 15) is 14.4 Å². The van der Waals surface area contributed by atoms with Gasteiger partial charge in [-0.1, -0.05) is 41.9 Å². The number of halogens is 2. The van der Waals surface area contributed by atoms with Gasteiger partial charge in [-0.3, -0.25) is 24.6 Å². The zero-order valence-electron chi connectivity index (χ0n) is 19.3. The second kappa shape index (κ2) is 11.7. The van der Waals surface area contributed by atoms with Gasteiger partial charge in [0.25, 0.3) is 17.7 Å². The molecule has 4 rings (SSSR count). The van der Waals surface area contributed by atoms with Crippen LogP contribution in [-0.2, 0) is 14.4 Å². The third-order valence-corrected chi connectivity index (χ3v) is 6.59. The molecular formula is C26H19ClIN3O5S. The van der Waals surface area contributed by atoms with E-state index in [1.165, 1.54) is 18.1 Å². The number of anilines is 2. The highest BCUT2D eigenvalue weighted by atomic mass is 127. The van der Waals surface area contributed by atoms with Crippen LogP contribution in [0.4, 0.5) is 11.4 Å². The first-order valence-corrected chi connectivity index (χ1v) is 12.7. The maximum Gasteiger partial charge on any atom is 0.270 e. The molecule has 1 saturated heterocycles. The van der Waals surface area contributed by atoms with Gasteiger partial charge in [-0.25, -0.2) is 0 Å². The fourth-order valence-corrected chi connectivity index (χ4v) is 4.73. The molecule has 1 heterocycles. The van der Waals surface area contributed by atoms with Crippen LogP contribution < -0.4 is 25.0 Å². The topological polar surface area (TPSA) is 97.0 Å². The van der Waals surface area contributed by atoms with Gasteiger partial charge in [0.15, 0.2) is 23.2 Å². The number of para-hydroxylation sites is 2. The molecule has 0 saturated carbocycles. The molecule has 0 atom stereocenters. The van der Waals surface area contributed by atoms with E-state index in [0.29, 0.717) is 37.0 Å². The van der Waals surface area contributed by atoms with Crippen LogP contribution in [0.2, 0.25) is 5.02 Å². The van der Waals surface area contributed by atoms with Crippen molar-refractivity contribution in [1.29, 1.82) is 0 Å². The molecule has 3 aromatic rings. The van der Waals surface area contributed by atoms with E-state index in [0.717, 1.165) is 0 Å². The van der Waals surface area contributed by atoms with Crippen molar-refractivity contribution < 1.29 is 23.9 Å².